The maximum absolute atomic E-state index is 11.4. The number of esters is 1. The molecule has 0 aliphatic rings. The molecule has 0 fully saturated rings. The van der Waals surface area contributed by atoms with Gasteiger partial charge >= 0.3 is 11.9 Å². The lowest BCUT2D eigenvalue weighted by Gasteiger charge is -2.20. The fraction of sp³-hybridized carbons (Fsp3) is 0.750. The van der Waals surface area contributed by atoms with Gasteiger partial charge in [0.2, 0.25) is 0 Å². The fourth-order valence-corrected chi connectivity index (χ4v) is 1.52. The summed E-state index contributed by atoms with van der Waals surface area (Å²) >= 11 is 0. The zero-order valence-corrected chi connectivity index (χ0v) is 9.22. The largest absolute Gasteiger partial charge is 0.481 e. The van der Waals surface area contributed by atoms with Gasteiger partial charge in [-0.25, -0.2) is 0 Å². The van der Waals surface area contributed by atoms with Gasteiger partial charge in [-0.05, 0) is 20.8 Å². The van der Waals surface area contributed by atoms with Crippen LogP contribution in [0.15, 0.2) is 0 Å². The molecule has 0 amide bonds. The van der Waals surface area contributed by atoms with Crippen LogP contribution in [0.3, 0.4) is 0 Å². The molecule has 0 aromatic rings. The van der Waals surface area contributed by atoms with E-state index in [0.29, 0.717) is 0 Å². The quantitative estimate of drug-likeness (QED) is 0.670. The molecule has 0 bridgehead atoms. The van der Waals surface area contributed by atoms with Gasteiger partial charge in [-0.3, -0.25) is 13.8 Å². The average molecular weight is 222 g/mol. The predicted molar refractivity (Wildman–Crippen MR) is 51.4 cm³/mol. The molecule has 6 heteroatoms. The van der Waals surface area contributed by atoms with Crippen molar-refractivity contribution in [3.63, 3.8) is 0 Å². The van der Waals surface area contributed by atoms with Crippen LogP contribution in [0.25, 0.3) is 0 Å². The van der Waals surface area contributed by atoms with Crippen LogP contribution in [0.5, 0.6) is 0 Å². The van der Waals surface area contributed by atoms with Crippen molar-refractivity contribution in [2.75, 3.05) is 12.4 Å². The van der Waals surface area contributed by atoms with E-state index < -0.39 is 33.2 Å². The Labute approximate surface area is 84.9 Å². The molecule has 0 aromatic heterocycles. The maximum Gasteiger partial charge on any atom is 0.324 e. The van der Waals surface area contributed by atoms with E-state index >= 15 is 0 Å². The Bertz CT molecular complexity index is 258. The Hall–Kier alpha value is -0.910. The maximum atomic E-state index is 11.4. The summed E-state index contributed by atoms with van der Waals surface area (Å²) in [6.07, 6.45) is 0. The van der Waals surface area contributed by atoms with Crippen LogP contribution in [-0.2, 0) is 25.1 Å². The predicted octanol–water partition coefficient (Wildman–Crippen LogP) is 0.161. The average Bonchev–Trinajstić information content (AvgIpc) is 2.03. The number of ether oxygens (including phenoxy) is 1. The van der Waals surface area contributed by atoms with E-state index in [-0.39, 0.29) is 6.61 Å². The first-order valence-corrected chi connectivity index (χ1v) is 5.41. The minimum absolute atomic E-state index is 0.187. The lowest BCUT2D eigenvalue weighted by molar-refractivity contribution is -0.145. The van der Waals surface area contributed by atoms with Gasteiger partial charge in [0, 0.05) is 10.8 Å². The first kappa shape index (κ1) is 13.1. The highest BCUT2D eigenvalue weighted by molar-refractivity contribution is 7.87. The van der Waals surface area contributed by atoms with E-state index in [1.807, 2.05) is 0 Å². The van der Waals surface area contributed by atoms with Gasteiger partial charge in [0.1, 0.15) is 10.5 Å². The molecule has 0 radical (unpaired) electrons. The number of aliphatic carboxylic acids is 1. The number of carboxylic acids is 1. The normalized spacial score (nSPS) is 13.4. The number of carbonyl (C=O) groups is 2. The molecular formula is C8H14O5S. The molecule has 5 nitrogen and oxygen atoms in total. The summed E-state index contributed by atoms with van der Waals surface area (Å²) in [6, 6.07) is 0. The number of hydrogen-bond acceptors (Lipinski definition) is 4. The van der Waals surface area contributed by atoms with E-state index in [1.165, 1.54) is 13.8 Å². The van der Waals surface area contributed by atoms with Gasteiger partial charge in [0.05, 0.1) is 6.61 Å². The van der Waals surface area contributed by atoms with Gasteiger partial charge in [0.25, 0.3) is 0 Å². The van der Waals surface area contributed by atoms with E-state index in [1.54, 1.807) is 6.92 Å². The second-order valence-corrected chi connectivity index (χ2v) is 5.11. The van der Waals surface area contributed by atoms with Crippen molar-refractivity contribution in [1.82, 2.24) is 0 Å². The third-order valence-electron chi connectivity index (χ3n) is 1.59. The van der Waals surface area contributed by atoms with E-state index in [9.17, 15) is 13.8 Å². The van der Waals surface area contributed by atoms with Crippen LogP contribution < -0.4 is 0 Å². The molecule has 0 rings (SSSR count). The summed E-state index contributed by atoms with van der Waals surface area (Å²) in [5.41, 5.74) is 0. The molecule has 0 aliphatic carbocycles. The number of carbonyl (C=O) groups excluding carboxylic acids is 1. The summed E-state index contributed by atoms with van der Waals surface area (Å²) in [5, 5.41) is 8.41. The molecule has 1 unspecified atom stereocenters. The molecule has 0 aromatic carbocycles. The van der Waals surface area contributed by atoms with Crippen LogP contribution in [0.2, 0.25) is 0 Å². The van der Waals surface area contributed by atoms with E-state index in [2.05, 4.69) is 4.74 Å². The third kappa shape index (κ3) is 3.45. The molecule has 1 N–H and O–H groups in total. The van der Waals surface area contributed by atoms with Crippen molar-refractivity contribution < 1.29 is 23.6 Å². The molecule has 0 heterocycles. The van der Waals surface area contributed by atoms with Crippen molar-refractivity contribution in [2.45, 2.75) is 25.5 Å². The first-order valence-electron chi connectivity index (χ1n) is 4.09. The summed E-state index contributed by atoms with van der Waals surface area (Å²) in [7, 11) is -1.77. The molecular weight excluding hydrogens is 208 g/mol. The van der Waals surface area contributed by atoms with Gasteiger partial charge in [-0.1, -0.05) is 0 Å². The molecule has 14 heavy (non-hydrogen) atoms. The monoisotopic (exact) mass is 222 g/mol. The lowest BCUT2D eigenvalue weighted by atomic mass is 10.2. The van der Waals surface area contributed by atoms with Crippen molar-refractivity contribution in [2.24, 2.45) is 0 Å². The van der Waals surface area contributed by atoms with Crippen LogP contribution in [-0.4, -0.2) is 38.4 Å². The molecule has 0 spiro atoms. The van der Waals surface area contributed by atoms with Crippen molar-refractivity contribution in [3.8, 4) is 0 Å². The lowest BCUT2D eigenvalue weighted by Crippen LogP contribution is -2.40. The second kappa shape index (κ2) is 5.09. The van der Waals surface area contributed by atoms with Crippen molar-refractivity contribution in [1.29, 1.82) is 0 Å². The molecule has 0 saturated carbocycles. The molecule has 0 saturated heterocycles. The second-order valence-electron chi connectivity index (χ2n) is 3.11. The fourth-order valence-electron chi connectivity index (χ4n) is 0.690. The molecule has 82 valence electrons. The number of hydrogen-bond donors (Lipinski definition) is 1. The Morgan fingerprint density at radius 1 is 1.43 bits per heavy atom. The smallest absolute Gasteiger partial charge is 0.324 e. The van der Waals surface area contributed by atoms with Crippen LogP contribution in [0.4, 0.5) is 0 Å². The topological polar surface area (TPSA) is 80.7 Å². The summed E-state index contributed by atoms with van der Waals surface area (Å²) in [4.78, 5) is 21.6. The van der Waals surface area contributed by atoms with Crippen molar-refractivity contribution >= 4 is 22.7 Å². The third-order valence-corrected chi connectivity index (χ3v) is 3.40. The zero-order chi connectivity index (χ0) is 11.4. The zero-order valence-electron chi connectivity index (χ0n) is 8.40. The highest BCUT2D eigenvalue weighted by Gasteiger charge is 2.36. The van der Waals surface area contributed by atoms with Crippen LogP contribution in [0.1, 0.15) is 20.8 Å². The Morgan fingerprint density at radius 2 is 1.93 bits per heavy atom. The summed E-state index contributed by atoms with van der Waals surface area (Å²) in [6.45, 7) is 4.63. The highest BCUT2D eigenvalue weighted by Crippen LogP contribution is 2.15. The SMILES string of the molecule is CCOC(=O)C(C)(C)S(=O)CC(=O)O. The van der Waals surface area contributed by atoms with E-state index in [4.69, 9.17) is 5.11 Å². The minimum atomic E-state index is -1.77. The standard InChI is InChI=1S/C8H14O5S/c1-4-13-7(11)8(2,3)14(12)5-6(9)10/h4-5H2,1-3H3,(H,9,10). The van der Waals surface area contributed by atoms with Gasteiger partial charge in [0.15, 0.2) is 0 Å². The Morgan fingerprint density at radius 3 is 2.29 bits per heavy atom. The van der Waals surface area contributed by atoms with Gasteiger partial charge in [-0.2, -0.15) is 0 Å². The van der Waals surface area contributed by atoms with Crippen LogP contribution in [0, 0.1) is 0 Å². The first-order chi connectivity index (χ1) is 6.32. The van der Waals surface area contributed by atoms with E-state index in [0.717, 1.165) is 0 Å². The Kier molecular flexibility index (Phi) is 4.76. The number of carboxylic acid groups (broad SMARTS) is 1. The minimum Gasteiger partial charge on any atom is -0.481 e. The summed E-state index contributed by atoms with van der Waals surface area (Å²) in [5.74, 6) is -2.38. The summed E-state index contributed by atoms with van der Waals surface area (Å²) < 4.78 is 14.8. The highest BCUT2D eigenvalue weighted by atomic mass is 32.2. The van der Waals surface area contributed by atoms with Crippen molar-refractivity contribution in [3.05, 3.63) is 0 Å². The Balaban J connectivity index is 4.51. The van der Waals surface area contributed by atoms with Crippen LogP contribution >= 0.6 is 0 Å². The number of rotatable bonds is 5. The molecule has 1 atom stereocenters. The van der Waals surface area contributed by atoms with Gasteiger partial charge in [-0.15, -0.1) is 0 Å². The van der Waals surface area contributed by atoms with Gasteiger partial charge < -0.3 is 9.84 Å². The molecule has 0 aliphatic heterocycles.